The first kappa shape index (κ1) is 16.2. The minimum Gasteiger partial charge on any atom is -0.595 e. The molecular formula is C8H15NaO3P+. The molecule has 0 heterocycles. The Hall–Kier alpha value is 0.730. The number of rotatable bonds is 6. The van der Waals surface area contributed by atoms with Gasteiger partial charge in [-0.1, -0.05) is 24.8 Å². The zero-order chi connectivity index (χ0) is 9.56. The number of hydrogen-bond donors (Lipinski definition) is 0. The average Bonchev–Trinajstić information content (AvgIpc) is 2.04. The molecule has 70 valence electrons. The Labute approximate surface area is 102 Å². The van der Waals surface area contributed by atoms with Crippen LogP contribution >= 0.6 is 8.03 Å². The van der Waals surface area contributed by atoms with Crippen molar-refractivity contribution in [2.75, 3.05) is 0 Å². The van der Waals surface area contributed by atoms with Crippen LogP contribution in [-0.4, -0.2) is 11.4 Å². The Morgan fingerprint density at radius 1 is 1.46 bits per heavy atom. The molecule has 0 N–H and O–H groups in total. The second-order valence-electron chi connectivity index (χ2n) is 2.76. The SMILES string of the molecule is CCCCC(C(=O)CC)[P+](=O)[O-].[Na+]. The van der Waals surface area contributed by atoms with E-state index in [2.05, 4.69) is 0 Å². The van der Waals surface area contributed by atoms with Gasteiger partial charge in [0.1, 0.15) is 0 Å². The molecule has 0 spiro atoms. The van der Waals surface area contributed by atoms with E-state index in [0.717, 1.165) is 12.8 Å². The van der Waals surface area contributed by atoms with E-state index in [1.807, 2.05) is 6.92 Å². The maximum absolute atomic E-state index is 11.1. The van der Waals surface area contributed by atoms with Crippen LogP contribution in [0.4, 0.5) is 0 Å². The van der Waals surface area contributed by atoms with Gasteiger partial charge in [0, 0.05) is 12.8 Å². The quantitative estimate of drug-likeness (QED) is 0.404. The molecule has 0 rings (SSSR count). The molecular weight excluding hydrogens is 198 g/mol. The molecule has 0 saturated carbocycles. The summed E-state index contributed by atoms with van der Waals surface area (Å²) in [6.45, 7) is 3.67. The summed E-state index contributed by atoms with van der Waals surface area (Å²) in [6.07, 6.45) is 2.54. The summed E-state index contributed by atoms with van der Waals surface area (Å²) >= 11 is 0. The Kier molecular flexibility index (Phi) is 11.6. The topological polar surface area (TPSA) is 57.2 Å². The van der Waals surface area contributed by atoms with Crippen molar-refractivity contribution in [3.63, 3.8) is 0 Å². The van der Waals surface area contributed by atoms with E-state index in [1.54, 1.807) is 6.92 Å². The zero-order valence-electron chi connectivity index (χ0n) is 8.58. The molecule has 0 radical (unpaired) electrons. The molecule has 0 aliphatic carbocycles. The zero-order valence-corrected chi connectivity index (χ0v) is 11.5. The van der Waals surface area contributed by atoms with Crippen LogP contribution in [0, 0.1) is 0 Å². The molecule has 0 saturated heterocycles. The van der Waals surface area contributed by atoms with Crippen molar-refractivity contribution < 1.29 is 43.8 Å². The molecule has 0 aromatic carbocycles. The summed E-state index contributed by atoms with van der Waals surface area (Å²) in [5.41, 5.74) is -0.732. The number of carbonyl (C=O) groups is 1. The van der Waals surface area contributed by atoms with Gasteiger partial charge in [-0.15, -0.1) is 0 Å². The van der Waals surface area contributed by atoms with Crippen LogP contribution < -0.4 is 34.5 Å². The van der Waals surface area contributed by atoms with Gasteiger partial charge < -0.3 is 4.89 Å². The fourth-order valence-corrected chi connectivity index (χ4v) is 1.83. The van der Waals surface area contributed by atoms with Crippen molar-refractivity contribution in [2.45, 2.75) is 45.2 Å². The summed E-state index contributed by atoms with van der Waals surface area (Å²) in [4.78, 5) is 21.7. The second kappa shape index (κ2) is 9.29. The van der Waals surface area contributed by atoms with Gasteiger partial charge in [0.25, 0.3) is 0 Å². The summed E-state index contributed by atoms with van der Waals surface area (Å²) in [5.74, 6) is -0.153. The second-order valence-corrected chi connectivity index (χ2v) is 3.96. The third-order valence-electron chi connectivity index (χ3n) is 1.81. The van der Waals surface area contributed by atoms with Gasteiger partial charge in [0.2, 0.25) is 5.66 Å². The molecule has 2 atom stereocenters. The van der Waals surface area contributed by atoms with Crippen molar-refractivity contribution in [1.82, 2.24) is 0 Å². The molecule has 3 nitrogen and oxygen atoms in total. The first-order valence-electron chi connectivity index (χ1n) is 4.29. The third-order valence-corrected chi connectivity index (χ3v) is 2.86. The van der Waals surface area contributed by atoms with Gasteiger partial charge >= 0.3 is 37.6 Å². The Bertz CT molecular complexity index is 173. The summed E-state index contributed by atoms with van der Waals surface area (Å²) in [6, 6.07) is 0. The van der Waals surface area contributed by atoms with E-state index in [1.165, 1.54) is 0 Å². The largest absolute Gasteiger partial charge is 1.00 e. The number of carbonyl (C=O) groups excluding carboxylic acids is 1. The smallest absolute Gasteiger partial charge is 0.595 e. The van der Waals surface area contributed by atoms with Gasteiger partial charge in [-0.05, 0) is 6.42 Å². The van der Waals surface area contributed by atoms with Crippen molar-refractivity contribution in [3.05, 3.63) is 0 Å². The predicted molar refractivity (Wildman–Crippen MR) is 46.2 cm³/mol. The first-order valence-corrected chi connectivity index (χ1v) is 5.54. The van der Waals surface area contributed by atoms with Crippen LogP contribution in [0.15, 0.2) is 0 Å². The molecule has 0 bridgehead atoms. The number of hydrogen-bond acceptors (Lipinski definition) is 3. The van der Waals surface area contributed by atoms with Crippen LogP contribution in [0.25, 0.3) is 0 Å². The standard InChI is InChI=1S/C8H15O3P.Na/c1-3-5-6-8(12(10)11)7(9)4-2;/h8H,3-6H2,1-2H3;/q;+1. The van der Waals surface area contributed by atoms with E-state index in [-0.39, 0.29) is 35.3 Å². The molecule has 0 aliphatic rings. The fraction of sp³-hybridized carbons (Fsp3) is 0.875. The number of ketones is 1. The molecule has 0 aromatic rings. The normalized spacial score (nSPS) is 13.0. The van der Waals surface area contributed by atoms with Crippen molar-refractivity contribution in [2.24, 2.45) is 0 Å². The molecule has 13 heavy (non-hydrogen) atoms. The van der Waals surface area contributed by atoms with Crippen molar-refractivity contribution >= 4 is 13.8 Å². The van der Waals surface area contributed by atoms with Crippen LogP contribution in [0.1, 0.15) is 39.5 Å². The van der Waals surface area contributed by atoms with Gasteiger partial charge in [0.05, 0.1) is 0 Å². The van der Waals surface area contributed by atoms with Crippen LogP contribution in [0.5, 0.6) is 0 Å². The molecule has 0 amide bonds. The van der Waals surface area contributed by atoms with Crippen LogP contribution in [0.2, 0.25) is 0 Å². The Balaban J connectivity index is 0. The van der Waals surface area contributed by atoms with Gasteiger partial charge in [0.15, 0.2) is 5.78 Å². The van der Waals surface area contributed by atoms with Gasteiger partial charge in [-0.2, -0.15) is 0 Å². The summed E-state index contributed by atoms with van der Waals surface area (Å²) < 4.78 is 10.6. The minimum atomic E-state index is -2.57. The van der Waals surface area contributed by atoms with Crippen molar-refractivity contribution in [1.29, 1.82) is 0 Å². The maximum Gasteiger partial charge on any atom is 1.00 e. The Morgan fingerprint density at radius 2 is 2.00 bits per heavy atom. The minimum absolute atomic E-state index is 0. The molecule has 2 unspecified atom stereocenters. The molecule has 0 fully saturated rings. The predicted octanol–water partition coefficient (Wildman–Crippen LogP) is -1.37. The first-order chi connectivity index (χ1) is 5.63. The van der Waals surface area contributed by atoms with Crippen LogP contribution in [-0.2, 0) is 9.36 Å². The molecule has 0 aromatic heterocycles. The van der Waals surface area contributed by atoms with E-state index >= 15 is 0 Å². The summed E-state index contributed by atoms with van der Waals surface area (Å²) in [5, 5.41) is 0. The average molecular weight is 213 g/mol. The third kappa shape index (κ3) is 6.75. The Morgan fingerprint density at radius 3 is 2.31 bits per heavy atom. The van der Waals surface area contributed by atoms with Crippen LogP contribution in [0.3, 0.4) is 0 Å². The van der Waals surface area contributed by atoms with E-state index in [9.17, 15) is 14.3 Å². The summed E-state index contributed by atoms with van der Waals surface area (Å²) in [7, 11) is -2.57. The maximum atomic E-state index is 11.1. The van der Waals surface area contributed by atoms with Gasteiger partial charge in [-0.25, -0.2) is 0 Å². The number of Topliss-reactive ketones (excluding diaryl/α,β-unsaturated/α-hetero) is 1. The molecule has 5 heteroatoms. The van der Waals surface area contributed by atoms with Gasteiger partial charge in [-0.3, -0.25) is 4.79 Å². The number of unbranched alkanes of at least 4 members (excludes halogenated alkanes) is 1. The molecule has 0 aliphatic heterocycles. The van der Waals surface area contributed by atoms with E-state index in [0.29, 0.717) is 12.8 Å². The fourth-order valence-electron chi connectivity index (χ4n) is 1.02. The van der Waals surface area contributed by atoms with E-state index < -0.39 is 13.7 Å². The van der Waals surface area contributed by atoms with E-state index in [4.69, 9.17) is 0 Å². The van der Waals surface area contributed by atoms with Crippen molar-refractivity contribution in [3.8, 4) is 0 Å². The monoisotopic (exact) mass is 213 g/mol.